The lowest BCUT2D eigenvalue weighted by Crippen LogP contribution is -2.26. The maximum absolute atomic E-state index is 13.3. The van der Waals surface area contributed by atoms with E-state index in [4.69, 9.17) is 4.74 Å². The first kappa shape index (κ1) is 9.76. The smallest absolute Gasteiger partial charge is 0.195 e. The minimum atomic E-state index is -0.388. The second-order valence-corrected chi connectivity index (χ2v) is 3.13. The molecule has 5 heteroatoms. The zero-order valence-electron chi connectivity index (χ0n) is 8.38. The summed E-state index contributed by atoms with van der Waals surface area (Å²) in [6.45, 7) is 1.57. The fourth-order valence-corrected chi connectivity index (χ4v) is 1.36. The Labute approximate surface area is 87.2 Å². The molecule has 1 aromatic carbocycles. The third-order valence-corrected chi connectivity index (χ3v) is 2.09. The van der Waals surface area contributed by atoms with Gasteiger partial charge in [-0.3, -0.25) is 4.99 Å². The predicted octanol–water partition coefficient (Wildman–Crippen LogP) is 1.21. The van der Waals surface area contributed by atoms with Crippen molar-refractivity contribution in [3.63, 3.8) is 0 Å². The fraction of sp³-hybridized carbons (Fsp3) is 0.300. The summed E-state index contributed by atoms with van der Waals surface area (Å²) in [5.74, 6) is 0.530. The number of nitrogens with zero attached hydrogens (tertiary/aromatic N) is 1. The first-order valence-electron chi connectivity index (χ1n) is 4.68. The standard InChI is InChI=1S/C10H12FN3O/c1-15-9-3-2-7(6-8(9)11)14-10-12-4-5-13-10/h2-3,6H,4-5H2,1H3,(H2,12,13,14). The zero-order chi connectivity index (χ0) is 10.7. The van der Waals surface area contributed by atoms with Gasteiger partial charge in [-0.1, -0.05) is 0 Å². The van der Waals surface area contributed by atoms with Gasteiger partial charge in [0, 0.05) is 18.3 Å². The van der Waals surface area contributed by atoms with E-state index in [1.807, 2.05) is 0 Å². The van der Waals surface area contributed by atoms with E-state index < -0.39 is 0 Å². The summed E-state index contributed by atoms with van der Waals surface area (Å²) in [5, 5.41) is 6.01. The number of rotatable bonds is 2. The summed E-state index contributed by atoms with van der Waals surface area (Å²) < 4.78 is 18.1. The quantitative estimate of drug-likeness (QED) is 0.769. The highest BCUT2D eigenvalue weighted by Crippen LogP contribution is 2.20. The predicted molar refractivity (Wildman–Crippen MR) is 56.9 cm³/mol. The van der Waals surface area contributed by atoms with Gasteiger partial charge in [0.1, 0.15) is 0 Å². The van der Waals surface area contributed by atoms with Crippen LogP contribution in [0.5, 0.6) is 5.75 Å². The lowest BCUT2D eigenvalue weighted by atomic mass is 10.3. The zero-order valence-corrected chi connectivity index (χ0v) is 8.38. The molecule has 15 heavy (non-hydrogen) atoms. The van der Waals surface area contributed by atoms with Crippen LogP contribution in [0.4, 0.5) is 10.1 Å². The van der Waals surface area contributed by atoms with Gasteiger partial charge in [-0.05, 0) is 12.1 Å². The first-order chi connectivity index (χ1) is 7.29. The van der Waals surface area contributed by atoms with Gasteiger partial charge in [-0.15, -0.1) is 0 Å². The van der Waals surface area contributed by atoms with Crippen molar-refractivity contribution in [3.8, 4) is 5.75 Å². The first-order valence-corrected chi connectivity index (χ1v) is 4.68. The summed E-state index contributed by atoms with van der Waals surface area (Å²) in [6, 6.07) is 4.69. The third kappa shape index (κ3) is 2.18. The van der Waals surface area contributed by atoms with Gasteiger partial charge in [0.25, 0.3) is 0 Å². The summed E-state index contributed by atoms with van der Waals surface area (Å²) in [5.41, 5.74) is 0.654. The fourth-order valence-electron chi connectivity index (χ4n) is 1.36. The molecule has 4 nitrogen and oxygen atoms in total. The van der Waals surface area contributed by atoms with Crippen LogP contribution in [0.15, 0.2) is 23.2 Å². The molecule has 80 valence electrons. The van der Waals surface area contributed by atoms with E-state index in [1.54, 1.807) is 12.1 Å². The van der Waals surface area contributed by atoms with Gasteiger partial charge in [0.15, 0.2) is 17.5 Å². The van der Waals surface area contributed by atoms with Crippen molar-refractivity contribution in [1.82, 2.24) is 5.32 Å². The molecule has 0 aliphatic carbocycles. The minimum Gasteiger partial charge on any atom is -0.494 e. The number of benzene rings is 1. The highest BCUT2D eigenvalue weighted by molar-refractivity contribution is 5.94. The Morgan fingerprint density at radius 3 is 3.00 bits per heavy atom. The molecule has 0 aromatic heterocycles. The Morgan fingerprint density at radius 2 is 2.40 bits per heavy atom. The molecule has 0 radical (unpaired) electrons. The van der Waals surface area contributed by atoms with E-state index in [-0.39, 0.29) is 11.6 Å². The number of hydrogen-bond donors (Lipinski definition) is 2. The van der Waals surface area contributed by atoms with E-state index in [2.05, 4.69) is 15.6 Å². The third-order valence-electron chi connectivity index (χ3n) is 2.09. The van der Waals surface area contributed by atoms with Crippen LogP contribution in [0.1, 0.15) is 0 Å². The number of anilines is 1. The van der Waals surface area contributed by atoms with Crippen LogP contribution < -0.4 is 15.4 Å². The van der Waals surface area contributed by atoms with Crippen LogP contribution in [-0.4, -0.2) is 26.2 Å². The molecule has 0 amide bonds. The molecule has 2 rings (SSSR count). The van der Waals surface area contributed by atoms with Crippen molar-refractivity contribution in [2.45, 2.75) is 0 Å². The highest BCUT2D eigenvalue weighted by atomic mass is 19.1. The van der Waals surface area contributed by atoms with E-state index in [0.717, 1.165) is 13.1 Å². The van der Waals surface area contributed by atoms with Crippen LogP contribution in [0.3, 0.4) is 0 Å². The number of ether oxygens (including phenoxy) is 1. The molecule has 1 aromatic rings. The van der Waals surface area contributed by atoms with Crippen LogP contribution in [0, 0.1) is 5.82 Å². The highest BCUT2D eigenvalue weighted by Gasteiger charge is 2.07. The van der Waals surface area contributed by atoms with E-state index in [9.17, 15) is 4.39 Å². The number of methoxy groups -OCH3 is 1. The molecular weight excluding hydrogens is 197 g/mol. The molecule has 0 saturated heterocycles. The van der Waals surface area contributed by atoms with Gasteiger partial charge >= 0.3 is 0 Å². The van der Waals surface area contributed by atoms with Crippen molar-refractivity contribution >= 4 is 11.6 Å². The number of hydrogen-bond acceptors (Lipinski definition) is 4. The molecule has 1 aliphatic heterocycles. The van der Waals surface area contributed by atoms with Crippen LogP contribution in [0.25, 0.3) is 0 Å². The van der Waals surface area contributed by atoms with Gasteiger partial charge in [-0.25, -0.2) is 4.39 Å². The molecule has 1 aliphatic rings. The SMILES string of the molecule is COc1ccc(NC2=NCCN2)cc1F. The Hall–Kier alpha value is -1.78. The largest absolute Gasteiger partial charge is 0.494 e. The van der Waals surface area contributed by atoms with Crippen molar-refractivity contribution in [1.29, 1.82) is 0 Å². The van der Waals surface area contributed by atoms with Crippen LogP contribution in [-0.2, 0) is 0 Å². The molecule has 0 bridgehead atoms. The molecule has 1 heterocycles. The Morgan fingerprint density at radius 1 is 1.53 bits per heavy atom. The monoisotopic (exact) mass is 209 g/mol. The molecular formula is C10H12FN3O. The second kappa shape index (κ2) is 4.16. The Balaban J connectivity index is 2.12. The van der Waals surface area contributed by atoms with Crippen molar-refractivity contribution in [2.75, 3.05) is 25.5 Å². The number of halogens is 1. The minimum absolute atomic E-state index is 0.238. The van der Waals surface area contributed by atoms with Gasteiger partial charge in [0.05, 0.1) is 13.7 Å². The molecule has 0 spiro atoms. The Bertz CT molecular complexity index is 392. The second-order valence-electron chi connectivity index (χ2n) is 3.13. The number of aliphatic imine (C=N–C) groups is 1. The summed E-state index contributed by atoms with van der Waals surface area (Å²) in [4.78, 5) is 4.14. The van der Waals surface area contributed by atoms with Gasteiger partial charge in [0.2, 0.25) is 0 Å². The van der Waals surface area contributed by atoms with Crippen molar-refractivity contribution < 1.29 is 9.13 Å². The molecule has 0 atom stereocenters. The van der Waals surface area contributed by atoms with E-state index in [0.29, 0.717) is 11.6 Å². The lowest BCUT2D eigenvalue weighted by molar-refractivity contribution is 0.386. The van der Waals surface area contributed by atoms with Gasteiger partial charge in [-0.2, -0.15) is 0 Å². The topological polar surface area (TPSA) is 45.6 Å². The molecule has 0 fully saturated rings. The Kier molecular flexibility index (Phi) is 2.71. The van der Waals surface area contributed by atoms with E-state index in [1.165, 1.54) is 13.2 Å². The molecule has 0 unspecified atom stereocenters. The maximum atomic E-state index is 13.3. The van der Waals surface area contributed by atoms with Crippen molar-refractivity contribution in [2.24, 2.45) is 4.99 Å². The molecule has 2 N–H and O–H groups in total. The summed E-state index contributed by atoms with van der Waals surface area (Å²) in [7, 11) is 1.44. The van der Waals surface area contributed by atoms with Crippen LogP contribution in [0.2, 0.25) is 0 Å². The number of guanidine groups is 1. The normalized spacial score (nSPS) is 14.4. The van der Waals surface area contributed by atoms with Crippen molar-refractivity contribution in [3.05, 3.63) is 24.0 Å². The van der Waals surface area contributed by atoms with Gasteiger partial charge < -0.3 is 15.4 Å². The maximum Gasteiger partial charge on any atom is 0.195 e. The average molecular weight is 209 g/mol. The van der Waals surface area contributed by atoms with E-state index >= 15 is 0 Å². The number of nitrogens with one attached hydrogen (secondary N) is 2. The summed E-state index contributed by atoms with van der Waals surface area (Å²) in [6.07, 6.45) is 0. The molecule has 0 saturated carbocycles. The average Bonchev–Trinajstić information content (AvgIpc) is 2.71. The summed E-state index contributed by atoms with van der Waals surface area (Å²) >= 11 is 0. The lowest BCUT2D eigenvalue weighted by Gasteiger charge is -2.08. The van der Waals surface area contributed by atoms with Crippen LogP contribution >= 0.6 is 0 Å².